The third kappa shape index (κ3) is 1.81. The average Bonchev–Trinajstić information content (AvgIpc) is 2.62. The van der Waals surface area contributed by atoms with Crippen LogP contribution in [0.4, 0.5) is 0 Å². The van der Waals surface area contributed by atoms with Crippen molar-refractivity contribution in [1.82, 2.24) is 0 Å². The zero-order valence-electron chi connectivity index (χ0n) is 9.45. The van der Waals surface area contributed by atoms with Gasteiger partial charge < -0.3 is 4.42 Å². The normalized spacial score (nSPS) is 13.6. The molecule has 0 saturated heterocycles. The van der Waals surface area contributed by atoms with E-state index in [9.17, 15) is 0 Å². The predicted octanol–water partition coefficient (Wildman–Crippen LogP) is 3.79. The highest BCUT2D eigenvalue weighted by molar-refractivity contribution is 6.12. The number of furan rings is 1. The standard InChI is InChI=1S/C13H15BO/c1-8(2)12-7-11(9(3)14)6-10-4-5-15-13(10)12/h4-9H,1-3H3. The largest absolute Gasteiger partial charge is 0.464 e. The lowest BCUT2D eigenvalue weighted by atomic mass is 9.81. The first kappa shape index (κ1) is 10.3. The van der Waals surface area contributed by atoms with Crippen molar-refractivity contribution >= 4 is 18.8 Å². The summed E-state index contributed by atoms with van der Waals surface area (Å²) in [5, 5.41) is 1.15. The molecule has 0 bridgehead atoms. The van der Waals surface area contributed by atoms with E-state index < -0.39 is 0 Å². The Labute approximate surface area is 91.9 Å². The third-order valence-corrected chi connectivity index (χ3v) is 2.75. The molecule has 76 valence electrons. The van der Waals surface area contributed by atoms with Crippen molar-refractivity contribution in [3.8, 4) is 0 Å². The van der Waals surface area contributed by atoms with Gasteiger partial charge in [-0.3, -0.25) is 0 Å². The first-order valence-corrected chi connectivity index (χ1v) is 5.36. The van der Waals surface area contributed by atoms with Crippen molar-refractivity contribution in [2.24, 2.45) is 0 Å². The molecule has 1 atom stereocenters. The molecule has 1 heterocycles. The predicted molar refractivity (Wildman–Crippen MR) is 64.5 cm³/mol. The molecule has 0 aliphatic rings. The van der Waals surface area contributed by atoms with Gasteiger partial charge in [0.1, 0.15) is 5.58 Å². The van der Waals surface area contributed by atoms with Gasteiger partial charge in [0.25, 0.3) is 0 Å². The van der Waals surface area contributed by atoms with Gasteiger partial charge in [-0.2, -0.15) is 0 Å². The van der Waals surface area contributed by atoms with Crippen molar-refractivity contribution < 1.29 is 4.42 Å². The van der Waals surface area contributed by atoms with Crippen LogP contribution in [0, 0.1) is 0 Å². The number of hydrogen-bond acceptors (Lipinski definition) is 1. The Hall–Kier alpha value is -1.18. The second kappa shape index (κ2) is 3.76. The van der Waals surface area contributed by atoms with Gasteiger partial charge in [-0.25, -0.2) is 0 Å². The Kier molecular flexibility index (Phi) is 2.60. The van der Waals surface area contributed by atoms with E-state index in [0.29, 0.717) is 5.92 Å². The summed E-state index contributed by atoms with van der Waals surface area (Å²) in [6.07, 6.45) is 1.74. The molecule has 0 amide bonds. The maximum Gasteiger partial charge on any atom is 0.137 e. The molecule has 0 N–H and O–H groups in total. The summed E-state index contributed by atoms with van der Waals surface area (Å²) >= 11 is 0. The molecule has 0 saturated carbocycles. The van der Waals surface area contributed by atoms with E-state index in [1.54, 1.807) is 6.26 Å². The average molecular weight is 198 g/mol. The Morgan fingerprint density at radius 2 is 1.93 bits per heavy atom. The zero-order valence-corrected chi connectivity index (χ0v) is 9.45. The molecule has 2 rings (SSSR count). The number of fused-ring (bicyclic) bond motifs is 1. The first-order chi connectivity index (χ1) is 7.09. The molecule has 2 radical (unpaired) electrons. The van der Waals surface area contributed by atoms with Gasteiger partial charge in [0.15, 0.2) is 0 Å². The van der Waals surface area contributed by atoms with E-state index in [2.05, 4.69) is 26.0 Å². The highest BCUT2D eigenvalue weighted by Gasteiger charge is 2.11. The van der Waals surface area contributed by atoms with Gasteiger partial charge in [0.2, 0.25) is 0 Å². The summed E-state index contributed by atoms with van der Waals surface area (Å²) in [6.45, 7) is 6.34. The summed E-state index contributed by atoms with van der Waals surface area (Å²) < 4.78 is 5.50. The molecule has 0 spiro atoms. The van der Waals surface area contributed by atoms with Crippen LogP contribution in [-0.2, 0) is 0 Å². The van der Waals surface area contributed by atoms with Gasteiger partial charge >= 0.3 is 0 Å². The maximum atomic E-state index is 5.91. The highest BCUT2D eigenvalue weighted by Crippen LogP contribution is 2.29. The number of benzene rings is 1. The molecular weight excluding hydrogens is 183 g/mol. The Balaban J connectivity index is 2.69. The lowest BCUT2D eigenvalue weighted by Gasteiger charge is -2.11. The molecule has 1 nitrogen and oxygen atoms in total. The quantitative estimate of drug-likeness (QED) is 0.669. The number of rotatable bonds is 2. The fourth-order valence-corrected chi connectivity index (χ4v) is 1.83. The smallest absolute Gasteiger partial charge is 0.137 e. The minimum Gasteiger partial charge on any atom is -0.464 e. The fraction of sp³-hybridized carbons (Fsp3) is 0.385. The summed E-state index contributed by atoms with van der Waals surface area (Å²) in [5.41, 5.74) is 3.41. The topological polar surface area (TPSA) is 13.1 Å². The molecule has 2 heteroatoms. The van der Waals surface area contributed by atoms with E-state index in [4.69, 9.17) is 12.3 Å². The Morgan fingerprint density at radius 3 is 2.53 bits per heavy atom. The van der Waals surface area contributed by atoms with E-state index in [1.165, 1.54) is 11.1 Å². The van der Waals surface area contributed by atoms with Crippen molar-refractivity contribution in [3.05, 3.63) is 35.6 Å². The summed E-state index contributed by atoms with van der Waals surface area (Å²) in [7, 11) is 5.91. The van der Waals surface area contributed by atoms with Crippen molar-refractivity contribution in [2.45, 2.75) is 32.5 Å². The van der Waals surface area contributed by atoms with Gasteiger partial charge in [-0.1, -0.05) is 38.2 Å². The van der Waals surface area contributed by atoms with Crippen LogP contribution in [0.1, 0.15) is 43.6 Å². The fourth-order valence-electron chi connectivity index (χ4n) is 1.83. The van der Waals surface area contributed by atoms with Crippen molar-refractivity contribution in [2.75, 3.05) is 0 Å². The van der Waals surface area contributed by atoms with Crippen molar-refractivity contribution in [1.29, 1.82) is 0 Å². The van der Waals surface area contributed by atoms with Crippen LogP contribution in [-0.4, -0.2) is 7.85 Å². The molecular formula is C13H15BO. The lowest BCUT2D eigenvalue weighted by Crippen LogP contribution is -1.96. The first-order valence-electron chi connectivity index (χ1n) is 5.36. The molecule has 1 unspecified atom stereocenters. The minimum absolute atomic E-state index is 0.0711. The van der Waals surface area contributed by atoms with Crippen LogP contribution in [0.25, 0.3) is 11.0 Å². The Morgan fingerprint density at radius 1 is 1.20 bits per heavy atom. The highest BCUT2D eigenvalue weighted by atomic mass is 16.3. The summed E-state index contributed by atoms with van der Waals surface area (Å²) in [4.78, 5) is 0. The van der Waals surface area contributed by atoms with Crippen LogP contribution in [0.2, 0.25) is 0 Å². The van der Waals surface area contributed by atoms with Gasteiger partial charge in [-0.05, 0) is 23.6 Å². The van der Waals surface area contributed by atoms with Crippen LogP contribution in [0.15, 0.2) is 28.9 Å². The monoisotopic (exact) mass is 198 g/mol. The number of hydrogen-bond donors (Lipinski definition) is 0. The van der Waals surface area contributed by atoms with Crippen LogP contribution in [0.3, 0.4) is 0 Å². The second-order valence-corrected chi connectivity index (χ2v) is 4.39. The van der Waals surface area contributed by atoms with E-state index in [1.807, 2.05) is 13.0 Å². The maximum absolute atomic E-state index is 5.91. The minimum atomic E-state index is 0.0711. The Bertz CT molecular complexity index is 468. The third-order valence-electron chi connectivity index (χ3n) is 2.75. The van der Waals surface area contributed by atoms with E-state index in [-0.39, 0.29) is 5.82 Å². The van der Waals surface area contributed by atoms with E-state index in [0.717, 1.165) is 11.0 Å². The summed E-state index contributed by atoms with van der Waals surface area (Å²) in [5.74, 6) is 0.527. The second-order valence-electron chi connectivity index (χ2n) is 4.39. The molecule has 0 aliphatic heterocycles. The van der Waals surface area contributed by atoms with E-state index >= 15 is 0 Å². The lowest BCUT2D eigenvalue weighted by molar-refractivity contribution is 0.607. The molecule has 2 aromatic rings. The van der Waals surface area contributed by atoms with Gasteiger partial charge in [0.05, 0.1) is 14.1 Å². The van der Waals surface area contributed by atoms with Crippen LogP contribution < -0.4 is 0 Å². The van der Waals surface area contributed by atoms with Crippen LogP contribution in [0.5, 0.6) is 0 Å². The van der Waals surface area contributed by atoms with Gasteiger partial charge in [0, 0.05) is 5.39 Å². The SMILES string of the molecule is [B]C(C)c1cc(C(C)C)c2occc2c1. The molecule has 15 heavy (non-hydrogen) atoms. The van der Waals surface area contributed by atoms with Gasteiger partial charge in [-0.15, -0.1) is 0 Å². The van der Waals surface area contributed by atoms with Crippen LogP contribution >= 0.6 is 0 Å². The van der Waals surface area contributed by atoms with Crippen molar-refractivity contribution in [3.63, 3.8) is 0 Å². The molecule has 0 aliphatic carbocycles. The summed E-state index contributed by atoms with van der Waals surface area (Å²) in [6, 6.07) is 6.25. The molecule has 0 fully saturated rings. The molecule has 1 aromatic heterocycles. The molecule has 1 aromatic carbocycles. The zero-order chi connectivity index (χ0) is 11.0.